The second kappa shape index (κ2) is 6.55. The van der Waals surface area contributed by atoms with Gasteiger partial charge in [-0.3, -0.25) is 0 Å². The minimum absolute atomic E-state index is 0.0444. The largest absolute Gasteiger partial charge is 0.328 e. The molecule has 0 aliphatic carbocycles. The fraction of sp³-hybridized carbons (Fsp3) is 0.200. The third-order valence-corrected chi connectivity index (χ3v) is 4.11. The van der Waals surface area contributed by atoms with E-state index in [1.54, 1.807) is 6.07 Å². The quantitative estimate of drug-likeness (QED) is 0.878. The van der Waals surface area contributed by atoms with Crippen molar-refractivity contribution in [2.24, 2.45) is 5.73 Å². The van der Waals surface area contributed by atoms with Crippen LogP contribution in [0, 0.1) is 5.82 Å². The topological polar surface area (TPSA) is 26.0 Å². The lowest BCUT2D eigenvalue weighted by Crippen LogP contribution is -2.17. The van der Waals surface area contributed by atoms with Gasteiger partial charge in [-0.2, -0.15) is 0 Å². The van der Waals surface area contributed by atoms with Crippen molar-refractivity contribution in [2.45, 2.75) is 29.2 Å². The first kappa shape index (κ1) is 14.6. The summed E-state index contributed by atoms with van der Waals surface area (Å²) in [7, 11) is 0. The maximum absolute atomic E-state index is 14.0. The van der Waals surface area contributed by atoms with Crippen LogP contribution < -0.4 is 5.73 Å². The summed E-state index contributed by atoms with van der Waals surface area (Å²) in [6, 6.07) is 13.2. The molecule has 1 nitrogen and oxygen atoms in total. The van der Waals surface area contributed by atoms with Gasteiger partial charge in [-0.1, -0.05) is 39.8 Å². The Hall–Kier alpha value is -0.840. The molecule has 0 saturated heterocycles. The van der Waals surface area contributed by atoms with Gasteiger partial charge in [0.15, 0.2) is 0 Å². The average Bonchev–Trinajstić information content (AvgIpc) is 2.32. The second-order valence-corrected chi connectivity index (χ2v) is 6.54. The van der Waals surface area contributed by atoms with Crippen LogP contribution in [0.15, 0.2) is 56.7 Å². The van der Waals surface area contributed by atoms with E-state index in [-0.39, 0.29) is 11.9 Å². The highest BCUT2D eigenvalue weighted by Crippen LogP contribution is 2.31. The summed E-state index contributed by atoms with van der Waals surface area (Å²) < 4.78 is 15.0. The molecule has 4 heteroatoms. The highest BCUT2D eigenvalue weighted by atomic mass is 79.9. The molecule has 0 amide bonds. The summed E-state index contributed by atoms with van der Waals surface area (Å²) in [4.78, 5) is 1.64. The highest BCUT2D eigenvalue weighted by Gasteiger charge is 2.07. The van der Waals surface area contributed by atoms with Crippen LogP contribution in [0.25, 0.3) is 0 Å². The zero-order valence-electron chi connectivity index (χ0n) is 10.6. The van der Waals surface area contributed by atoms with Crippen LogP contribution >= 0.6 is 27.7 Å². The number of rotatable bonds is 4. The lowest BCUT2D eigenvalue weighted by atomic mass is 10.1. The standard InChI is InChI=1S/C15H15BrFNS/c1-10(18)7-11-5-6-15(14(17)8-11)19-13-4-2-3-12(16)9-13/h2-6,8-10H,7,18H2,1H3. The first-order valence-corrected chi connectivity index (χ1v) is 7.63. The maximum atomic E-state index is 14.0. The Morgan fingerprint density at radius 1 is 1.26 bits per heavy atom. The number of nitrogens with two attached hydrogens (primary N) is 1. The summed E-state index contributed by atoms with van der Waals surface area (Å²) >= 11 is 4.83. The minimum atomic E-state index is -0.192. The Morgan fingerprint density at radius 2 is 2.05 bits per heavy atom. The van der Waals surface area contributed by atoms with Gasteiger partial charge in [-0.25, -0.2) is 4.39 Å². The average molecular weight is 340 g/mol. The van der Waals surface area contributed by atoms with Crippen LogP contribution in [-0.2, 0) is 6.42 Å². The van der Waals surface area contributed by atoms with E-state index in [0.29, 0.717) is 11.3 Å². The van der Waals surface area contributed by atoms with E-state index in [1.165, 1.54) is 11.8 Å². The van der Waals surface area contributed by atoms with Crippen LogP contribution in [0.3, 0.4) is 0 Å². The lowest BCUT2D eigenvalue weighted by molar-refractivity contribution is 0.597. The van der Waals surface area contributed by atoms with Crippen molar-refractivity contribution in [3.8, 4) is 0 Å². The lowest BCUT2D eigenvalue weighted by Gasteiger charge is -2.08. The molecular weight excluding hydrogens is 325 g/mol. The molecule has 0 heterocycles. The van der Waals surface area contributed by atoms with E-state index in [4.69, 9.17) is 5.73 Å². The number of hydrogen-bond donors (Lipinski definition) is 1. The molecule has 19 heavy (non-hydrogen) atoms. The third-order valence-electron chi connectivity index (χ3n) is 2.58. The minimum Gasteiger partial charge on any atom is -0.328 e. The number of hydrogen-bond acceptors (Lipinski definition) is 2. The van der Waals surface area contributed by atoms with Crippen LogP contribution in [0.4, 0.5) is 4.39 Å². The predicted octanol–water partition coefficient (Wildman–Crippen LogP) is 4.63. The molecule has 0 spiro atoms. The predicted molar refractivity (Wildman–Crippen MR) is 82.0 cm³/mol. The Morgan fingerprint density at radius 3 is 2.68 bits per heavy atom. The first-order chi connectivity index (χ1) is 9.04. The van der Waals surface area contributed by atoms with Crippen LogP contribution in [0.5, 0.6) is 0 Å². The summed E-state index contributed by atoms with van der Waals surface area (Å²) in [6.07, 6.45) is 0.693. The van der Waals surface area contributed by atoms with Gasteiger partial charge in [0.05, 0.1) is 0 Å². The molecule has 0 radical (unpaired) electrons. The van der Waals surface area contributed by atoms with Gasteiger partial charge in [0.2, 0.25) is 0 Å². The van der Waals surface area contributed by atoms with Crippen molar-refractivity contribution >= 4 is 27.7 Å². The zero-order valence-corrected chi connectivity index (χ0v) is 13.0. The van der Waals surface area contributed by atoms with E-state index >= 15 is 0 Å². The highest BCUT2D eigenvalue weighted by molar-refractivity contribution is 9.10. The molecule has 2 aromatic carbocycles. The fourth-order valence-corrected chi connectivity index (χ4v) is 3.21. The fourth-order valence-electron chi connectivity index (χ4n) is 1.78. The molecule has 1 unspecified atom stereocenters. The Balaban J connectivity index is 2.17. The molecule has 0 bridgehead atoms. The molecule has 1 atom stereocenters. The van der Waals surface area contributed by atoms with E-state index in [9.17, 15) is 4.39 Å². The SMILES string of the molecule is CC(N)Cc1ccc(Sc2cccc(Br)c2)c(F)c1. The monoisotopic (exact) mass is 339 g/mol. The van der Waals surface area contributed by atoms with Crippen molar-refractivity contribution in [3.05, 3.63) is 58.3 Å². The van der Waals surface area contributed by atoms with Crippen molar-refractivity contribution < 1.29 is 4.39 Å². The molecule has 0 aliphatic rings. The smallest absolute Gasteiger partial charge is 0.137 e. The van der Waals surface area contributed by atoms with Gasteiger partial charge in [0.1, 0.15) is 5.82 Å². The summed E-state index contributed by atoms with van der Waals surface area (Å²) in [5.41, 5.74) is 6.66. The molecule has 2 rings (SSSR count). The molecule has 0 saturated carbocycles. The van der Waals surface area contributed by atoms with E-state index < -0.39 is 0 Å². The first-order valence-electron chi connectivity index (χ1n) is 6.02. The third kappa shape index (κ3) is 4.34. The molecule has 0 fully saturated rings. The van der Waals surface area contributed by atoms with Crippen LogP contribution in [0.1, 0.15) is 12.5 Å². The maximum Gasteiger partial charge on any atom is 0.137 e. The van der Waals surface area contributed by atoms with E-state index in [2.05, 4.69) is 15.9 Å². The van der Waals surface area contributed by atoms with Crippen molar-refractivity contribution in [1.29, 1.82) is 0 Å². The van der Waals surface area contributed by atoms with E-state index in [1.807, 2.05) is 43.3 Å². The van der Waals surface area contributed by atoms with E-state index in [0.717, 1.165) is 14.9 Å². The summed E-state index contributed by atoms with van der Waals surface area (Å²) in [5, 5.41) is 0. The van der Waals surface area contributed by atoms with Crippen molar-refractivity contribution in [2.75, 3.05) is 0 Å². The Kier molecular flexibility index (Phi) is 5.02. The van der Waals surface area contributed by atoms with Gasteiger partial charge in [-0.15, -0.1) is 0 Å². The van der Waals surface area contributed by atoms with Gasteiger partial charge >= 0.3 is 0 Å². The Bertz CT molecular complexity index is 572. The number of halogens is 2. The molecule has 2 aromatic rings. The molecule has 0 aliphatic heterocycles. The van der Waals surface area contributed by atoms with Gasteiger partial charge in [-0.05, 0) is 49.2 Å². The Labute approximate surface area is 125 Å². The molecule has 100 valence electrons. The molecule has 0 aromatic heterocycles. The molecular formula is C15H15BrFNS. The number of benzene rings is 2. The summed E-state index contributed by atoms with van der Waals surface area (Å²) in [5.74, 6) is -0.192. The van der Waals surface area contributed by atoms with Gasteiger partial charge < -0.3 is 5.73 Å². The second-order valence-electron chi connectivity index (χ2n) is 4.51. The zero-order chi connectivity index (χ0) is 13.8. The summed E-state index contributed by atoms with van der Waals surface area (Å²) in [6.45, 7) is 1.92. The van der Waals surface area contributed by atoms with Gasteiger partial charge in [0.25, 0.3) is 0 Å². The molecule has 2 N–H and O–H groups in total. The van der Waals surface area contributed by atoms with Crippen molar-refractivity contribution in [3.63, 3.8) is 0 Å². The van der Waals surface area contributed by atoms with Crippen molar-refractivity contribution in [1.82, 2.24) is 0 Å². The normalized spacial score (nSPS) is 12.4. The van der Waals surface area contributed by atoms with Gasteiger partial charge in [0, 0.05) is 20.3 Å². The van der Waals surface area contributed by atoms with Crippen LogP contribution in [0.2, 0.25) is 0 Å². The van der Waals surface area contributed by atoms with Crippen LogP contribution in [-0.4, -0.2) is 6.04 Å².